The number of rotatable bonds is 4. The number of fused-ring (bicyclic) bond motifs is 2. The molecule has 0 fully saturated rings. The lowest BCUT2D eigenvalue weighted by Gasteiger charge is -2.09. The fraction of sp³-hybridized carbons (Fsp3) is 0. The molecular weight excluding hydrogens is 454 g/mol. The van der Waals surface area contributed by atoms with Crippen LogP contribution in [0.4, 0.5) is 0 Å². The Morgan fingerprint density at radius 1 is 0.444 bits per heavy atom. The van der Waals surface area contributed by atoms with Crippen molar-refractivity contribution in [2.45, 2.75) is 0 Å². The number of thiophene rings is 1. The van der Waals surface area contributed by atoms with Gasteiger partial charge in [-0.15, -0.1) is 11.3 Å². The van der Waals surface area contributed by atoms with Crippen LogP contribution < -0.4 is 0 Å². The third-order valence-corrected chi connectivity index (χ3v) is 8.14. The Morgan fingerprint density at radius 2 is 1.00 bits per heavy atom. The van der Waals surface area contributed by atoms with Crippen molar-refractivity contribution in [1.82, 2.24) is 4.40 Å². The maximum Gasteiger partial charge on any atom is 0.0615 e. The summed E-state index contributed by atoms with van der Waals surface area (Å²) in [6.07, 6.45) is 2.17. The van der Waals surface area contributed by atoms with Gasteiger partial charge in [0.15, 0.2) is 0 Å². The van der Waals surface area contributed by atoms with E-state index in [2.05, 4.69) is 144 Å². The van der Waals surface area contributed by atoms with E-state index in [1.54, 1.807) is 0 Å². The SMILES string of the molecule is c1ccc(-c2ccccc2-c2sc(-c3cc4ccccn4c3-c3ccccc3)c3ccccc23)cc1. The summed E-state index contributed by atoms with van der Waals surface area (Å²) in [6.45, 7) is 0. The lowest BCUT2D eigenvalue weighted by atomic mass is 9.96. The molecular formula is C34H23NS. The minimum absolute atomic E-state index is 1.20. The Morgan fingerprint density at radius 3 is 1.72 bits per heavy atom. The van der Waals surface area contributed by atoms with Crippen molar-refractivity contribution >= 4 is 27.6 Å². The lowest BCUT2D eigenvalue weighted by Crippen LogP contribution is -1.88. The van der Waals surface area contributed by atoms with Gasteiger partial charge in [0.05, 0.1) is 5.69 Å². The average Bonchev–Trinajstić information content (AvgIpc) is 3.53. The third kappa shape index (κ3) is 3.38. The van der Waals surface area contributed by atoms with E-state index in [1.165, 1.54) is 59.6 Å². The molecule has 0 radical (unpaired) electrons. The Bertz CT molecular complexity index is 1820. The highest BCUT2D eigenvalue weighted by atomic mass is 32.1. The predicted octanol–water partition coefficient (Wildman–Crippen LogP) is 9.82. The highest BCUT2D eigenvalue weighted by Gasteiger charge is 2.21. The molecule has 0 bridgehead atoms. The molecule has 0 atom stereocenters. The summed E-state index contributed by atoms with van der Waals surface area (Å²) in [7, 11) is 0. The molecule has 0 aliphatic heterocycles. The first-order valence-electron chi connectivity index (χ1n) is 12.2. The summed E-state index contributed by atoms with van der Waals surface area (Å²) < 4.78 is 2.32. The van der Waals surface area contributed by atoms with Crippen molar-refractivity contribution in [3.63, 3.8) is 0 Å². The Labute approximate surface area is 214 Å². The maximum absolute atomic E-state index is 2.34. The first kappa shape index (κ1) is 20.9. The minimum atomic E-state index is 1.20. The smallest absolute Gasteiger partial charge is 0.0615 e. The molecule has 0 spiro atoms. The fourth-order valence-electron chi connectivity index (χ4n) is 5.23. The van der Waals surface area contributed by atoms with Crippen molar-refractivity contribution in [3.05, 3.63) is 140 Å². The zero-order valence-corrected chi connectivity index (χ0v) is 20.5. The summed E-state index contributed by atoms with van der Waals surface area (Å²) in [5.74, 6) is 0. The van der Waals surface area contributed by atoms with Gasteiger partial charge in [0.25, 0.3) is 0 Å². The molecule has 0 saturated carbocycles. The number of benzene rings is 4. The Balaban J connectivity index is 1.53. The van der Waals surface area contributed by atoms with E-state index < -0.39 is 0 Å². The van der Waals surface area contributed by atoms with Crippen LogP contribution in [0.15, 0.2) is 140 Å². The van der Waals surface area contributed by atoms with E-state index in [-0.39, 0.29) is 0 Å². The first-order valence-corrected chi connectivity index (χ1v) is 13.0. The number of hydrogen-bond donors (Lipinski definition) is 0. The number of pyridine rings is 1. The molecule has 3 aromatic heterocycles. The van der Waals surface area contributed by atoms with Crippen molar-refractivity contribution < 1.29 is 0 Å². The van der Waals surface area contributed by atoms with Crippen LogP contribution in [-0.4, -0.2) is 4.40 Å². The molecule has 4 aromatic carbocycles. The van der Waals surface area contributed by atoms with Crippen LogP contribution in [0.5, 0.6) is 0 Å². The fourth-order valence-corrected chi connectivity index (χ4v) is 6.56. The average molecular weight is 478 g/mol. The molecule has 0 aliphatic rings. The summed E-state index contributed by atoms with van der Waals surface area (Å²) in [4.78, 5) is 2.63. The molecule has 0 aliphatic carbocycles. The molecule has 36 heavy (non-hydrogen) atoms. The van der Waals surface area contributed by atoms with Gasteiger partial charge in [-0.3, -0.25) is 0 Å². The standard InChI is InChI=1S/C34H23NS/c1-3-13-24(14-4-1)27-18-7-8-19-28(27)33-29-20-9-10-21-30(29)34(36-33)31-23-26-17-11-12-22-35(26)32(31)25-15-5-2-6-16-25/h1-23H. The van der Waals surface area contributed by atoms with Gasteiger partial charge in [-0.25, -0.2) is 0 Å². The summed E-state index contributed by atoms with van der Waals surface area (Å²) in [5.41, 5.74) is 8.73. The molecule has 1 nitrogen and oxygen atoms in total. The van der Waals surface area contributed by atoms with Crippen LogP contribution in [0.3, 0.4) is 0 Å². The van der Waals surface area contributed by atoms with E-state index >= 15 is 0 Å². The van der Waals surface area contributed by atoms with Crippen molar-refractivity contribution in [1.29, 1.82) is 0 Å². The van der Waals surface area contributed by atoms with Crippen LogP contribution in [0, 0.1) is 0 Å². The zero-order chi connectivity index (χ0) is 23.9. The molecule has 2 heteroatoms. The van der Waals surface area contributed by atoms with E-state index in [9.17, 15) is 0 Å². The van der Waals surface area contributed by atoms with E-state index in [0.717, 1.165) is 0 Å². The van der Waals surface area contributed by atoms with Crippen LogP contribution in [0.2, 0.25) is 0 Å². The van der Waals surface area contributed by atoms with Crippen LogP contribution >= 0.6 is 11.3 Å². The van der Waals surface area contributed by atoms with E-state index in [1.807, 2.05) is 11.3 Å². The van der Waals surface area contributed by atoms with Gasteiger partial charge in [0.1, 0.15) is 0 Å². The van der Waals surface area contributed by atoms with Gasteiger partial charge < -0.3 is 4.40 Å². The van der Waals surface area contributed by atoms with E-state index in [4.69, 9.17) is 0 Å². The molecule has 7 aromatic rings. The molecule has 170 valence electrons. The number of nitrogens with zero attached hydrogens (tertiary/aromatic N) is 1. The van der Waals surface area contributed by atoms with Crippen LogP contribution in [-0.2, 0) is 0 Å². The molecule has 0 unspecified atom stereocenters. The second-order valence-corrected chi connectivity index (χ2v) is 10.0. The monoisotopic (exact) mass is 477 g/mol. The van der Waals surface area contributed by atoms with Gasteiger partial charge in [-0.2, -0.15) is 0 Å². The van der Waals surface area contributed by atoms with E-state index in [0.29, 0.717) is 0 Å². The van der Waals surface area contributed by atoms with Gasteiger partial charge >= 0.3 is 0 Å². The minimum Gasteiger partial charge on any atom is -0.316 e. The van der Waals surface area contributed by atoms with Crippen molar-refractivity contribution in [2.75, 3.05) is 0 Å². The molecule has 0 amide bonds. The summed E-state index contributed by atoms with van der Waals surface area (Å²) in [5, 5.41) is 2.60. The van der Waals surface area contributed by atoms with Crippen molar-refractivity contribution in [2.24, 2.45) is 0 Å². The Hall–Kier alpha value is -4.40. The predicted molar refractivity (Wildman–Crippen MR) is 155 cm³/mol. The molecule has 0 N–H and O–H groups in total. The second-order valence-electron chi connectivity index (χ2n) is 8.99. The Kier molecular flexibility index (Phi) is 5.04. The number of hydrogen-bond acceptors (Lipinski definition) is 1. The largest absolute Gasteiger partial charge is 0.316 e. The number of aromatic nitrogens is 1. The highest BCUT2D eigenvalue weighted by Crippen LogP contribution is 2.49. The van der Waals surface area contributed by atoms with Gasteiger partial charge in [-0.05, 0) is 34.9 Å². The third-order valence-electron chi connectivity index (χ3n) is 6.85. The molecule has 3 heterocycles. The maximum atomic E-state index is 2.34. The lowest BCUT2D eigenvalue weighted by molar-refractivity contribution is 1.21. The van der Waals surface area contributed by atoms with Gasteiger partial charge in [0, 0.05) is 43.4 Å². The van der Waals surface area contributed by atoms with Gasteiger partial charge in [-0.1, -0.05) is 115 Å². The summed E-state index contributed by atoms with van der Waals surface area (Å²) >= 11 is 1.90. The second kappa shape index (κ2) is 8.67. The normalized spacial score (nSPS) is 11.3. The molecule has 0 saturated heterocycles. The van der Waals surface area contributed by atoms with Gasteiger partial charge in [0.2, 0.25) is 0 Å². The van der Waals surface area contributed by atoms with Crippen LogP contribution in [0.1, 0.15) is 0 Å². The molecule has 7 rings (SSSR count). The quantitative estimate of drug-likeness (QED) is 0.238. The highest BCUT2D eigenvalue weighted by molar-refractivity contribution is 7.21. The van der Waals surface area contributed by atoms with Crippen LogP contribution in [0.25, 0.3) is 59.6 Å². The first-order chi connectivity index (χ1) is 17.9. The zero-order valence-electron chi connectivity index (χ0n) is 19.6. The topological polar surface area (TPSA) is 4.41 Å². The van der Waals surface area contributed by atoms with Crippen molar-refractivity contribution in [3.8, 4) is 43.3 Å². The summed E-state index contributed by atoms with van der Waals surface area (Å²) in [6, 6.07) is 47.8.